The number of alkyl halides is 5. The summed E-state index contributed by atoms with van der Waals surface area (Å²) in [6.07, 6.45) is -6.38. The summed E-state index contributed by atoms with van der Waals surface area (Å²) in [7, 11) is 0. The van der Waals surface area contributed by atoms with Gasteiger partial charge < -0.3 is 10.1 Å². The van der Waals surface area contributed by atoms with Crippen molar-refractivity contribution in [2.75, 3.05) is 11.9 Å². The number of ether oxygens (including phenoxy) is 1. The van der Waals surface area contributed by atoms with Gasteiger partial charge in [0.25, 0.3) is 6.43 Å². The van der Waals surface area contributed by atoms with Crippen molar-refractivity contribution in [1.29, 1.82) is 0 Å². The Hall–Kier alpha value is -1.94. The third-order valence-corrected chi connectivity index (χ3v) is 4.23. The summed E-state index contributed by atoms with van der Waals surface area (Å²) in [5.74, 6) is -0.0787. The lowest BCUT2D eigenvalue weighted by atomic mass is 10.2. The predicted octanol–water partition coefficient (Wildman–Crippen LogP) is 5.71. The number of rotatable bonds is 7. The maximum atomic E-state index is 13.0. The third kappa shape index (κ3) is 5.54. The van der Waals surface area contributed by atoms with Crippen LogP contribution in [-0.4, -0.2) is 27.6 Å². The molecule has 0 aliphatic carbocycles. The molecule has 0 aromatic carbocycles. The zero-order chi connectivity index (χ0) is 21.1. The van der Waals surface area contributed by atoms with Gasteiger partial charge in [0, 0.05) is 6.20 Å². The summed E-state index contributed by atoms with van der Waals surface area (Å²) in [5, 5.41) is 2.25. The zero-order valence-corrected chi connectivity index (χ0v) is 16.1. The van der Waals surface area contributed by atoms with Crippen molar-refractivity contribution in [2.24, 2.45) is 0 Å². The molecule has 0 saturated heterocycles. The van der Waals surface area contributed by atoms with Gasteiger partial charge in [0.05, 0.1) is 11.6 Å². The Morgan fingerprint density at radius 2 is 1.89 bits per heavy atom. The molecule has 0 saturated carbocycles. The Kier molecular flexibility index (Phi) is 7.22. The molecule has 1 atom stereocenters. The van der Waals surface area contributed by atoms with E-state index in [2.05, 4.69) is 20.3 Å². The number of hydrogen-bond acceptors (Lipinski definition) is 5. The SMILES string of the molecule is CCC(COc1ncc(C(F)(F)F)cc1Cl)Nc1nc(C)nc(C(F)F)c1Cl. The monoisotopic (exact) mass is 444 g/mol. The van der Waals surface area contributed by atoms with Gasteiger partial charge in [-0.05, 0) is 19.4 Å². The van der Waals surface area contributed by atoms with E-state index in [-0.39, 0.29) is 34.2 Å². The first-order valence-corrected chi connectivity index (χ1v) is 8.72. The van der Waals surface area contributed by atoms with Crippen LogP contribution in [0, 0.1) is 6.92 Å². The van der Waals surface area contributed by atoms with Crippen LogP contribution in [0.3, 0.4) is 0 Å². The van der Waals surface area contributed by atoms with E-state index in [1.807, 2.05) is 0 Å². The predicted molar refractivity (Wildman–Crippen MR) is 94.2 cm³/mol. The molecule has 0 fully saturated rings. The number of nitrogens with zero attached hydrogens (tertiary/aromatic N) is 3. The van der Waals surface area contributed by atoms with E-state index in [0.717, 1.165) is 0 Å². The smallest absolute Gasteiger partial charge is 0.417 e. The van der Waals surface area contributed by atoms with Crippen LogP contribution in [0.4, 0.5) is 27.8 Å². The van der Waals surface area contributed by atoms with Gasteiger partial charge in [-0.25, -0.2) is 23.7 Å². The molecule has 0 bridgehead atoms. The molecule has 0 amide bonds. The molecule has 12 heteroatoms. The lowest BCUT2D eigenvalue weighted by Crippen LogP contribution is -2.27. The first-order chi connectivity index (χ1) is 13.0. The van der Waals surface area contributed by atoms with Crippen LogP contribution in [0.25, 0.3) is 0 Å². The fourth-order valence-electron chi connectivity index (χ4n) is 2.14. The van der Waals surface area contributed by atoms with Crippen molar-refractivity contribution in [3.05, 3.63) is 39.4 Å². The Morgan fingerprint density at radius 3 is 2.43 bits per heavy atom. The summed E-state index contributed by atoms with van der Waals surface area (Å²) in [4.78, 5) is 11.2. The van der Waals surface area contributed by atoms with Crippen molar-refractivity contribution < 1.29 is 26.7 Å². The largest absolute Gasteiger partial charge is 0.474 e. The Bertz CT molecular complexity index is 835. The van der Waals surface area contributed by atoms with Crippen molar-refractivity contribution in [1.82, 2.24) is 15.0 Å². The van der Waals surface area contributed by atoms with Crippen LogP contribution in [0.15, 0.2) is 12.3 Å². The third-order valence-electron chi connectivity index (χ3n) is 3.58. The molecular weight excluding hydrogens is 430 g/mol. The van der Waals surface area contributed by atoms with Crippen molar-refractivity contribution in [3.63, 3.8) is 0 Å². The van der Waals surface area contributed by atoms with Gasteiger partial charge in [0.1, 0.15) is 34.0 Å². The van der Waals surface area contributed by atoms with E-state index in [4.69, 9.17) is 27.9 Å². The summed E-state index contributed by atoms with van der Waals surface area (Å²) in [5.41, 5.74) is -1.60. The van der Waals surface area contributed by atoms with Gasteiger partial charge >= 0.3 is 6.18 Å². The molecule has 28 heavy (non-hydrogen) atoms. The number of aromatic nitrogens is 3. The molecule has 0 aliphatic heterocycles. The van der Waals surface area contributed by atoms with Crippen LogP contribution >= 0.6 is 23.2 Å². The van der Waals surface area contributed by atoms with Crippen LogP contribution in [0.1, 0.15) is 36.9 Å². The van der Waals surface area contributed by atoms with Crippen LogP contribution in [0.5, 0.6) is 5.88 Å². The molecule has 1 N–H and O–H groups in total. The minimum Gasteiger partial charge on any atom is -0.474 e. The summed E-state index contributed by atoms with van der Waals surface area (Å²) >= 11 is 11.7. The minimum absolute atomic E-state index is 0.00592. The molecule has 5 nitrogen and oxygen atoms in total. The first kappa shape index (κ1) is 22.4. The van der Waals surface area contributed by atoms with Crippen molar-refractivity contribution >= 4 is 29.0 Å². The number of halogens is 7. The van der Waals surface area contributed by atoms with Gasteiger partial charge in [0.15, 0.2) is 0 Å². The molecule has 2 heterocycles. The fraction of sp³-hybridized carbons (Fsp3) is 0.438. The van der Waals surface area contributed by atoms with Gasteiger partial charge in [0.2, 0.25) is 5.88 Å². The highest BCUT2D eigenvalue weighted by Gasteiger charge is 2.32. The fourth-order valence-corrected chi connectivity index (χ4v) is 2.58. The number of aryl methyl sites for hydroxylation is 1. The lowest BCUT2D eigenvalue weighted by molar-refractivity contribution is -0.137. The average Bonchev–Trinajstić information content (AvgIpc) is 2.60. The van der Waals surface area contributed by atoms with Gasteiger partial charge in [-0.15, -0.1) is 0 Å². The van der Waals surface area contributed by atoms with Gasteiger partial charge in [-0.3, -0.25) is 0 Å². The normalized spacial score (nSPS) is 12.9. The maximum absolute atomic E-state index is 13.0. The summed E-state index contributed by atoms with van der Waals surface area (Å²) in [6.45, 7) is 3.15. The number of anilines is 1. The van der Waals surface area contributed by atoms with Crippen LogP contribution < -0.4 is 10.1 Å². The van der Waals surface area contributed by atoms with E-state index in [1.54, 1.807) is 6.92 Å². The highest BCUT2D eigenvalue weighted by atomic mass is 35.5. The average molecular weight is 445 g/mol. The first-order valence-electron chi connectivity index (χ1n) is 7.97. The second kappa shape index (κ2) is 9.04. The second-order valence-corrected chi connectivity index (χ2v) is 6.47. The second-order valence-electron chi connectivity index (χ2n) is 5.69. The maximum Gasteiger partial charge on any atom is 0.417 e. The number of hydrogen-bond donors (Lipinski definition) is 1. The molecule has 0 spiro atoms. The van der Waals surface area contributed by atoms with Crippen molar-refractivity contribution in [3.8, 4) is 5.88 Å². The van der Waals surface area contributed by atoms with E-state index >= 15 is 0 Å². The number of pyridine rings is 1. The summed E-state index contributed by atoms with van der Waals surface area (Å²) in [6, 6.07) is 0.246. The van der Waals surface area contributed by atoms with E-state index in [1.165, 1.54) is 6.92 Å². The molecular formula is C16H15Cl2F5N4O. The van der Waals surface area contributed by atoms with Gasteiger partial charge in [-0.1, -0.05) is 30.1 Å². The standard InChI is InChI=1S/C16H15Cl2F5N4O/c1-3-9(27-14-11(18)12(13(19)20)25-7(2)26-14)6-28-15-10(17)4-8(5-24-15)16(21,22)23/h4-5,9,13H,3,6H2,1-2H3,(H,25,26,27). The molecule has 2 aromatic heterocycles. The molecule has 0 radical (unpaired) electrons. The van der Waals surface area contributed by atoms with Crippen molar-refractivity contribution in [2.45, 2.75) is 38.9 Å². The Morgan fingerprint density at radius 1 is 1.21 bits per heavy atom. The molecule has 154 valence electrons. The topological polar surface area (TPSA) is 59.9 Å². The van der Waals surface area contributed by atoms with Gasteiger partial charge in [-0.2, -0.15) is 13.2 Å². The van der Waals surface area contributed by atoms with E-state index < -0.39 is 29.9 Å². The molecule has 0 aliphatic rings. The van der Waals surface area contributed by atoms with E-state index in [0.29, 0.717) is 18.7 Å². The zero-order valence-electron chi connectivity index (χ0n) is 14.6. The van der Waals surface area contributed by atoms with E-state index in [9.17, 15) is 22.0 Å². The molecule has 2 aromatic rings. The number of nitrogens with one attached hydrogen (secondary N) is 1. The molecule has 2 rings (SSSR count). The Balaban J connectivity index is 2.12. The molecule has 1 unspecified atom stereocenters. The van der Waals surface area contributed by atoms with Crippen LogP contribution in [0.2, 0.25) is 10.0 Å². The Labute approximate surface area is 167 Å². The lowest BCUT2D eigenvalue weighted by Gasteiger charge is -2.20. The van der Waals surface area contributed by atoms with Crippen LogP contribution in [-0.2, 0) is 6.18 Å². The minimum atomic E-state index is -4.58. The highest BCUT2D eigenvalue weighted by molar-refractivity contribution is 6.33. The highest BCUT2D eigenvalue weighted by Crippen LogP contribution is 2.33. The summed E-state index contributed by atoms with van der Waals surface area (Å²) < 4.78 is 69.3. The quantitative estimate of drug-likeness (QED) is 0.553.